The summed E-state index contributed by atoms with van der Waals surface area (Å²) >= 11 is 0. The SMILES string of the molecule is Cc1cc(C[C@@H](C)C(=O)N2CCC(N3CCN(CC(=O)OCCCN(C)C)CC3)CC2)cc2oc(=O)[nH]c12. The average Bonchev–Trinajstić information content (AvgIpc) is 3.27. The second kappa shape index (κ2) is 12.9. The van der Waals surface area contributed by atoms with E-state index in [0.717, 1.165) is 81.7 Å². The van der Waals surface area contributed by atoms with Crippen molar-refractivity contribution >= 4 is 23.0 Å². The number of carbonyl (C=O) groups is 2. The number of ether oxygens (including phenoxy) is 1. The number of oxazole rings is 1. The maximum absolute atomic E-state index is 13.2. The molecule has 2 aromatic rings. The van der Waals surface area contributed by atoms with Gasteiger partial charge >= 0.3 is 11.7 Å². The lowest BCUT2D eigenvalue weighted by atomic mass is 9.96. The molecule has 0 bridgehead atoms. The van der Waals surface area contributed by atoms with Crippen molar-refractivity contribution < 1.29 is 18.7 Å². The number of fused-ring (bicyclic) bond motifs is 1. The fourth-order valence-electron chi connectivity index (χ4n) is 5.70. The first kappa shape index (κ1) is 28.3. The first-order valence-corrected chi connectivity index (χ1v) is 13.9. The van der Waals surface area contributed by atoms with Crippen molar-refractivity contribution in [2.75, 3.05) is 73.1 Å². The van der Waals surface area contributed by atoms with Crippen LogP contribution in [0, 0.1) is 12.8 Å². The van der Waals surface area contributed by atoms with Crippen LogP contribution in [-0.2, 0) is 20.7 Å². The number of aromatic amines is 1. The number of aromatic nitrogens is 1. The van der Waals surface area contributed by atoms with E-state index >= 15 is 0 Å². The van der Waals surface area contributed by atoms with Crippen LogP contribution >= 0.6 is 0 Å². The lowest BCUT2D eigenvalue weighted by Gasteiger charge is -2.43. The summed E-state index contributed by atoms with van der Waals surface area (Å²) in [5.74, 6) is -0.543. The molecule has 210 valence electrons. The van der Waals surface area contributed by atoms with Crippen LogP contribution in [-0.4, -0.2) is 116 Å². The average molecular weight is 530 g/mol. The van der Waals surface area contributed by atoms with Crippen molar-refractivity contribution in [3.8, 4) is 0 Å². The van der Waals surface area contributed by atoms with E-state index in [4.69, 9.17) is 9.15 Å². The third kappa shape index (κ3) is 7.45. The Morgan fingerprint density at radius 1 is 1.13 bits per heavy atom. The molecular formula is C28H43N5O5. The van der Waals surface area contributed by atoms with Crippen molar-refractivity contribution in [3.05, 3.63) is 33.8 Å². The monoisotopic (exact) mass is 529 g/mol. The van der Waals surface area contributed by atoms with E-state index in [0.29, 0.717) is 31.2 Å². The Kier molecular flexibility index (Phi) is 9.62. The van der Waals surface area contributed by atoms with Crippen LogP contribution in [0.4, 0.5) is 0 Å². The van der Waals surface area contributed by atoms with Crippen molar-refractivity contribution in [2.24, 2.45) is 5.92 Å². The predicted molar refractivity (Wildman–Crippen MR) is 146 cm³/mol. The molecule has 2 saturated heterocycles. The molecule has 1 aromatic heterocycles. The summed E-state index contributed by atoms with van der Waals surface area (Å²) in [6.07, 6.45) is 3.43. The summed E-state index contributed by atoms with van der Waals surface area (Å²) in [7, 11) is 4.03. The fraction of sp³-hybridized carbons (Fsp3) is 0.679. The molecule has 0 spiro atoms. The lowest BCUT2D eigenvalue weighted by Crippen LogP contribution is -2.54. The maximum Gasteiger partial charge on any atom is 0.417 e. The van der Waals surface area contributed by atoms with Gasteiger partial charge in [-0.15, -0.1) is 0 Å². The lowest BCUT2D eigenvalue weighted by molar-refractivity contribution is -0.145. The van der Waals surface area contributed by atoms with E-state index in [9.17, 15) is 14.4 Å². The highest BCUT2D eigenvalue weighted by atomic mass is 16.5. The molecule has 0 radical (unpaired) electrons. The third-order valence-electron chi connectivity index (χ3n) is 7.82. The molecule has 0 unspecified atom stereocenters. The maximum atomic E-state index is 13.2. The van der Waals surface area contributed by atoms with Gasteiger partial charge in [0.1, 0.15) is 0 Å². The number of nitrogens with zero attached hydrogens (tertiary/aromatic N) is 4. The Balaban J connectivity index is 1.17. The number of esters is 1. The number of benzene rings is 1. The minimum atomic E-state index is -0.456. The number of rotatable bonds is 10. The number of nitrogens with one attached hydrogen (secondary N) is 1. The predicted octanol–water partition coefficient (Wildman–Crippen LogP) is 1.71. The number of H-pyrrole nitrogens is 1. The second-order valence-corrected chi connectivity index (χ2v) is 11.2. The second-order valence-electron chi connectivity index (χ2n) is 11.2. The van der Waals surface area contributed by atoms with E-state index in [-0.39, 0.29) is 17.8 Å². The van der Waals surface area contributed by atoms with Gasteiger partial charge in [-0.1, -0.05) is 13.0 Å². The largest absolute Gasteiger partial charge is 0.465 e. The van der Waals surface area contributed by atoms with Crippen LogP contribution in [0.25, 0.3) is 11.1 Å². The van der Waals surface area contributed by atoms with Gasteiger partial charge < -0.3 is 19.0 Å². The minimum absolute atomic E-state index is 0.133. The number of hydrogen-bond acceptors (Lipinski definition) is 8. The van der Waals surface area contributed by atoms with Gasteiger partial charge in [-0.25, -0.2) is 4.79 Å². The van der Waals surface area contributed by atoms with Crippen LogP contribution in [0.5, 0.6) is 0 Å². The highest BCUT2D eigenvalue weighted by molar-refractivity contribution is 5.80. The summed E-state index contributed by atoms with van der Waals surface area (Å²) in [5, 5.41) is 0. The number of hydrogen-bond donors (Lipinski definition) is 1. The van der Waals surface area contributed by atoms with Crippen LogP contribution in [0.2, 0.25) is 0 Å². The van der Waals surface area contributed by atoms with E-state index in [1.54, 1.807) is 0 Å². The Labute approximate surface area is 224 Å². The molecule has 38 heavy (non-hydrogen) atoms. The number of piperidine rings is 1. The van der Waals surface area contributed by atoms with Crippen molar-refractivity contribution in [2.45, 2.75) is 45.6 Å². The smallest absolute Gasteiger partial charge is 0.417 e. The molecule has 2 aliphatic rings. The Bertz CT molecular complexity index is 1140. The van der Waals surface area contributed by atoms with Gasteiger partial charge in [0.25, 0.3) is 0 Å². The standard InChI is InChI=1S/C28H43N5O5/c1-20-16-22(18-24-26(20)29-28(36)38-24)17-21(2)27(35)33-9-6-23(7-10-33)32-13-11-31(12-14-32)19-25(34)37-15-5-8-30(3)4/h16,18,21,23H,5-15,17,19H2,1-4H3,(H,29,36)/t21-/m1/s1. The number of likely N-dealkylation sites (tertiary alicyclic amines) is 1. The Morgan fingerprint density at radius 2 is 1.84 bits per heavy atom. The van der Waals surface area contributed by atoms with E-state index in [2.05, 4.69) is 19.7 Å². The molecule has 0 aliphatic carbocycles. The summed E-state index contributed by atoms with van der Waals surface area (Å²) < 4.78 is 10.6. The highest BCUT2D eigenvalue weighted by Gasteiger charge is 2.31. The molecule has 2 aliphatic heterocycles. The minimum Gasteiger partial charge on any atom is -0.465 e. The summed E-state index contributed by atoms with van der Waals surface area (Å²) in [6.45, 7) is 10.9. The van der Waals surface area contributed by atoms with E-state index in [1.165, 1.54) is 0 Å². The molecule has 10 heteroatoms. The van der Waals surface area contributed by atoms with Crippen LogP contribution in [0.1, 0.15) is 37.3 Å². The van der Waals surface area contributed by atoms with E-state index < -0.39 is 5.76 Å². The first-order chi connectivity index (χ1) is 18.2. The van der Waals surface area contributed by atoms with Crippen LogP contribution in [0.3, 0.4) is 0 Å². The number of piperazine rings is 1. The molecule has 10 nitrogen and oxygen atoms in total. The first-order valence-electron chi connectivity index (χ1n) is 13.9. The molecule has 1 aromatic carbocycles. The summed E-state index contributed by atoms with van der Waals surface area (Å²) in [6, 6.07) is 4.37. The summed E-state index contributed by atoms with van der Waals surface area (Å²) in [4.78, 5) is 48.4. The topological polar surface area (TPSA) is 102 Å². The molecular weight excluding hydrogens is 486 g/mol. The number of amides is 1. The Morgan fingerprint density at radius 3 is 2.53 bits per heavy atom. The number of aryl methyl sites for hydroxylation is 1. The zero-order valence-electron chi connectivity index (χ0n) is 23.3. The van der Waals surface area contributed by atoms with E-state index in [1.807, 2.05) is 45.0 Å². The van der Waals surface area contributed by atoms with Crippen LogP contribution < -0.4 is 5.76 Å². The summed E-state index contributed by atoms with van der Waals surface area (Å²) in [5.41, 5.74) is 3.21. The molecule has 4 rings (SSSR count). The van der Waals surface area contributed by atoms with Crippen molar-refractivity contribution in [1.29, 1.82) is 0 Å². The zero-order valence-corrected chi connectivity index (χ0v) is 23.3. The molecule has 2 fully saturated rings. The van der Waals surface area contributed by atoms with Gasteiger partial charge in [-0.3, -0.25) is 24.4 Å². The van der Waals surface area contributed by atoms with Gasteiger partial charge in [-0.2, -0.15) is 0 Å². The quantitative estimate of drug-likeness (QED) is 0.367. The fourth-order valence-corrected chi connectivity index (χ4v) is 5.70. The highest BCUT2D eigenvalue weighted by Crippen LogP contribution is 2.23. The molecule has 1 amide bonds. The van der Waals surface area contributed by atoms with Crippen molar-refractivity contribution in [1.82, 2.24) is 24.6 Å². The van der Waals surface area contributed by atoms with Crippen molar-refractivity contribution in [3.63, 3.8) is 0 Å². The molecule has 1 atom stereocenters. The third-order valence-corrected chi connectivity index (χ3v) is 7.82. The van der Waals surface area contributed by atoms with Gasteiger partial charge in [-0.05, 0) is 63.9 Å². The van der Waals surface area contributed by atoms with Gasteiger partial charge in [0.2, 0.25) is 5.91 Å². The van der Waals surface area contributed by atoms with Gasteiger partial charge in [0.05, 0.1) is 18.7 Å². The molecule has 0 saturated carbocycles. The van der Waals surface area contributed by atoms with Gasteiger partial charge in [0.15, 0.2) is 5.58 Å². The molecule has 1 N–H and O–H groups in total. The van der Waals surface area contributed by atoms with Gasteiger partial charge in [0, 0.05) is 57.8 Å². The number of carbonyl (C=O) groups excluding carboxylic acids is 2. The molecule has 3 heterocycles. The van der Waals surface area contributed by atoms with Crippen LogP contribution in [0.15, 0.2) is 21.3 Å². The Hall–Kier alpha value is -2.69. The zero-order chi connectivity index (χ0) is 27.2. The normalized spacial score (nSPS) is 18.8.